The van der Waals surface area contributed by atoms with E-state index in [1.807, 2.05) is 30.3 Å². The third-order valence-electron chi connectivity index (χ3n) is 3.80. The SMILES string of the molecule is O=C(c1cnn(-c2ccccc2)n1)N1CCCCC1CO. The van der Waals surface area contributed by atoms with Gasteiger partial charge in [-0.05, 0) is 31.4 Å². The summed E-state index contributed by atoms with van der Waals surface area (Å²) in [5.74, 6) is -0.157. The predicted octanol–water partition coefficient (Wildman–Crippen LogP) is 1.25. The highest BCUT2D eigenvalue weighted by molar-refractivity contribution is 5.92. The Morgan fingerprint density at radius 3 is 2.86 bits per heavy atom. The van der Waals surface area contributed by atoms with Crippen molar-refractivity contribution in [2.75, 3.05) is 13.2 Å². The number of likely N-dealkylation sites (tertiary alicyclic amines) is 1. The summed E-state index contributed by atoms with van der Waals surface area (Å²) in [7, 11) is 0. The van der Waals surface area contributed by atoms with Crippen LogP contribution in [0.25, 0.3) is 5.69 Å². The Hall–Kier alpha value is -2.21. The molecular weight excluding hydrogens is 268 g/mol. The number of para-hydroxylation sites is 1. The van der Waals surface area contributed by atoms with E-state index in [4.69, 9.17) is 0 Å². The van der Waals surface area contributed by atoms with Gasteiger partial charge in [0.1, 0.15) is 0 Å². The summed E-state index contributed by atoms with van der Waals surface area (Å²) < 4.78 is 0. The van der Waals surface area contributed by atoms with E-state index in [1.165, 1.54) is 11.0 Å². The number of hydrogen-bond donors (Lipinski definition) is 1. The average molecular weight is 286 g/mol. The lowest BCUT2D eigenvalue weighted by molar-refractivity contribution is 0.0497. The summed E-state index contributed by atoms with van der Waals surface area (Å²) in [5, 5.41) is 17.8. The smallest absolute Gasteiger partial charge is 0.276 e. The van der Waals surface area contributed by atoms with E-state index in [0.29, 0.717) is 12.2 Å². The molecule has 1 unspecified atom stereocenters. The number of benzene rings is 1. The minimum absolute atomic E-state index is 0.00143. The van der Waals surface area contributed by atoms with Crippen LogP contribution in [0.2, 0.25) is 0 Å². The first-order valence-electron chi connectivity index (χ1n) is 7.19. The van der Waals surface area contributed by atoms with Crippen molar-refractivity contribution >= 4 is 5.91 Å². The number of hydrogen-bond acceptors (Lipinski definition) is 4. The summed E-state index contributed by atoms with van der Waals surface area (Å²) in [6, 6.07) is 9.36. The Morgan fingerprint density at radius 1 is 1.29 bits per heavy atom. The molecule has 0 aliphatic carbocycles. The number of rotatable bonds is 3. The third-order valence-corrected chi connectivity index (χ3v) is 3.80. The molecule has 6 nitrogen and oxygen atoms in total. The Kier molecular flexibility index (Phi) is 3.96. The molecule has 1 fully saturated rings. The standard InChI is InChI=1S/C15H18N4O2/c20-11-13-8-4-5-9-18(13)15(21)14-10-16-19(17-14)12-6-2-1-3-7-12/h1-3,6-7,10,13,20H,4-5,8-9,11H2. The second-order valence-corrected chi connectivity index (χ2v) is 5.19. The second kappa shape index (κ2) is 6.05. The van der Waals surface area contributed by atoms with E-state index in [1.54, 1.807) is 4.90 Å². The fraction of sp³-hybridized carbons (Fsp3) is 0.400. The lowest BCUT2D eigenvalue weighted by atomic mass is 10.0. The van der Waals surface area contributed by atoms with E-state index in [9.17, 15) is 9.90 Å². The lowest BCUT2D eigenvalue weighted by Gasteiger charge is -2.33. The molecule has 1 saturated heterocycles. The van der Waals surface area contributed by atoms with Gasteiger partial charge in [-0.15, -0.1) is 5.10 Å². The summed E-state index contributed by atoms with van der Waals surface area (Å²) in [4.78, 5) is 15.7. The van der Waals surface area contributed by atoms with E-state index in [2.05, 4.69) is 10.2 Å². The normalized spacial score (nSPS) is 18.7. The Labute approximate surface area is 123 Å². The zero-order chi connectivity index (χ0) is 14.7. The molecule has 1 atom stereocenters. The van der Waals surface area contributed by atoms with Gasteiger partial charge in [0.05, 0.1) is 24.5 Å². The number of aromatic nitrogens is 3. The highest BCUT2D eigenvalue weighted by atomic mass is 16.3. The van der Waals surface area contributed by atoms with Gasteiger partial charge in [0.25, 0.3) is 5.91 Å². The van der Waals surface area contributed by atoms with Crippen LogP contribution in [0.15, 0.2) is 36.5 Å². The zero-order valence-electron chi connectivity index (χ0n) is 11.7. The Bertz CT molecular complexity index is 611. The van der Waals surface area contributed by atoms with Gasteiger partial charge in [-0.3, -0.25) is 4.79 Å². The van der Waals surface area contributed by atoms with Crippen molar-refractivity contribution in [3.05, 3.63) is 42.2 Å². The van der Waals surface area contributed by atoms with Gasteiger partial charge in [0.2, 0.25) is 0 Å². The average Bonchev–Trinajstić information content (AvgIpc) is 3.05. The van der Waals surface area contributed by atoms with Gasteiger partial charge < -0.3 is 10.0 Å². The number of amides is 1. The summed E-state index contributed by atoms with van der Waals surface area (Å²) in [6.45, 7) is 0.667. The van der Waals surface area contributed by atoms with E-state index in [0.717, 1.165) is 24.9 Å². The topological polar surface area (TPSA) is 71.2 Å². The number of aliphatic hydroxyl groups is 1. The molecule has 6 heteroatoms. The van der Waals surface area contributed by atoms with Crippen LogP contribution >= 0.6 is 0 Å². The third kappa shape index (κ3) is 2.80. The van der Waals surface area contributed by atoms with Gasteiger partial charge >= 0.3 is 0 Å². The number of piperidine rings is 1. The van der Waals surface area contributed by atoms with Crippen molar-refractivity contribution < 1.29 is 9.90 Å². The molecule has 2 aromatic rings. The fourth-order valence-electron chi connectivity index (χ4n) is 2.65. The molecule has 110 valence electrons. The van der Waals surface area contributed by atoms with Gasteiger partial charge in [-0.1, -0.05) is 18.2 Å². The van der Waals surface area contributed by atoms with Gasteiger partial charge in [-0.2, -0.15) is 9.90 Å². The first kappa shape index (κ1) is 13.8. The predicted molar refractivity (Wildman–Crippen MR) is 77.1 cm³/mol. The maximum Gasteiger partial charge on any atom is 0.276 e. The van der Waals surface area contributed by atoms with Crippen molar-refractivity contribution in [3.63, 3.8) is 0 Å². The van der Waals surface area contributed by atoms with Gasteiger partial charge in [0, 0.05) is 6.54 Å². The molecule has 3 rings (SSSR count). The highest BCUT2D eigenvalue weighted by Gasteiger charge is 2.28. The molecular formula is C15H18N4O2. The van der Waals surface area contributed by atoms with E-state index < -0.39 is 0 Å². The molecule has 1 aromatic carbocycles. The molecule has 0 radical (unpaired) electrons. The first-order valence-corrected chi connectivity index (χ1v) is 7.19. The number of nitrogens with zero attached hydrogens (tertiary/aromatic N) is 4. The molecule has 1 aliphatic rings. The summed E-state index contributed by atoms with van der Waals surface area (Å²) in [5.41, 5.74) is 1.13. The van der Waals surface area contributed by atoms with Crippen molar-refractivity contribution in [2.45, 2.75) is 25.3 Å². The first-order chi connectivity index (χ1) is 10.3. The largest absolute Gasteiger partial charge is 0.394 e. The minimum atomic E-state index is -0.157. The Morgan fingerprint density at radius 2 is 2.10 bits per heavy atom. The molecule has 1 N–H and O–H groups in total. The van der Waals surface area contributed by atoms with Crippen LogP contribution in [-0.4, -0.2) is 50.1 Å². The molecule has 1 aromatic heterocycles. The van der Waals surface area contributed by atoms with Crippen LogP contribution in [-0.2, 0) is 0 Å². The molecule has 2 heterocycles. The molecule has 1 amide bonds. The van der Waals surface area contributed by atoms with Crippen molar-refractivity contribution in [3.8, 4) is 5.69 Å². The van der Waals surface area contributed by atoms with Crippen LogP contribution in [0.1, 0.15) is 29.8 Å². The summed E-state index contributed by atoms with van der Waals surface area (Å²) in [6.07, 6.45) is 4.34. The molecule has 0 spiro atoms. The van der Waals surface area contributed by atoms with Crippen LogP contribution in [0.3, 0.4) is 0 Å². The van der Waals surface area contributed by atoms with Crippen LogP contribution < -0.4 is 0 Å². The second-order valence-electron chi connectivity index (χ2n) is 5.19. The van der Waals surface area contributed by atoms with Crippen molar-refractivity contribution in [1.29, 1.82) is 0 Å². The zero-order valence-corrected chi connectivity index (χ0v) is 11.7. The maximum absolute atomic E-state index is 12.5. The maximum atomic E-state index is 12.5. The number of carbonyl (C=O) groups excluding carboxylic acids is 1. The highest BCUT2D eigenvalue weighted by Crippen LogP contribution is 2.18. The molecule has 0 saturated carbocycles. The van der Waals surface area contributed by atoms with Crippen LogP contribution in [0.5, 0.6) is 0 Å². The van der Waals surface area contributed by atoms with Gasteiger partial charge in [0.15, 0.2) is 5.69 Å². The monoisotopic (exact) mass is 286 g/mol. The Balaban J connectivity index is 1.81. The van der Waals surface area contributed by atoms with Crippen LogP contribution in [0.4, 0.5) is 0 Å². The van der Waals surface area contributed by atoms with E-state index in [-0.39, 0.29) is 18.6 Å². The lowest BCUT2D eigenvalue weighted by Crippen LogP contribution is -2.45. The van der Waals surface area contributed by atoms with Gasteiger partial charge in [-0.25, -0.2) is 0 Å². The minimum Gasteiger partial charge on any atom is -0.394 e. The van der Waals surface area contributed by atoms with Crippen LogP contribution in [0, 0.1) is 0 Å². The molecule has 1 aliphatic heterocycles. The number of carbonyl (C=O) groups is 1. The van der Waals surface area contributed by atoms with Crippen molar-refractivity contribution in [2.24, 2.45) is 0 Å². The number of aliphatic hydroxyl groups excluding tert-OH is 1. The fourth-order valence-corrected chi connectivity index (χ4v) is 2.65. The molecule has 0 bridgehead atoms. The summed E-state index contributed by atoms with van der Waals surface area (Å²) >= 11 is 0. The van der Waals surface area contributed by atoms with Crippen molar-refractivity contribution in [1.82, 2.24) is 19.9 Å². The quantitative estimate of drug-likeness (QED) is 0.922. The van der Waals surface area contributed by atoms with E-state index >= 15 is 0 Å². The molecule has 21 heavy (non-hydrogen) atoms.